The highest BCUT2D eigenvalue weighted by Gasteiger charge is 2.08. The fourth-order valence-corrected chi connectivity index (χ4v) is 2.01. The maximum absolute atomic E-state index is 10.9. The van der Waals surface area contributed by atoms with E-state index in [2.05, 4.69) is 17.3 Å². The Morgan fingerprint density at radius 1 is 1.53 bits per heavy atom. The average Bonchev–Trinajstić information content (AvgIpc) is 2.81. The molecule has 0 aliphatic carbocycles. The third kappa shape index (κ3) is 3.34. The lowest BCUT2D eigenvalue weighted by Gasteiger charge is -2.16. The second-order valence-corrected chi connectivity index (χ2v) is 4.61. The molecule has 2 rings (SSSR count). The first-order valence-corrected chi connectivity index (χ1v) is 6.14. The van der Waals surface area contributed by atoms with E-state index in [0.717, 1.165) is 17.8 Å². The van der Waals surface area contributed by atoms with Crippen molar-refractivity contribution in [1.82, 2.24) is 9.78 Å². The lowest BCUT2D eigenvalue weighted by atomic mass is 10.1. The van der Waals surface area contributed by atoms with Crippen molar-refractivity contribution in [3.05, 3.63) is 47.8 Å². The van der Waals surface area contributed by atoms with Crippen molar-refractivity contribution in [3.8, 4) is 0 Å². The smallest absolute Gasteiger partial charge is 0.335 e. The summed E-state index contributed by atoms with van der Waals surface area (Å²) in [5.74, 6) is -0.895. The first-order valence-electron chi connectivity index (χ1n) is 6.14. The maximum atomic E-state index is 10.9. The van der Waals surface area contributed by atoms with Crippen LogP contribution in [0.25, 0.3) is 0 Å². The monoisotopic (exact) mass is 259 g/mol. The third-order valence-electron chi connectivity index (χ3n) is 2.89. The van der Waals surface area contributed by atoms with Crippen LogP contribution in [0.4, 0.5) is 5.69 Å². The van der Waals surface area contributed by atoms with Gasteiger partial charge in [0.25, 0.3) is 0 Å². The summed E-state index contributed by atoms with van der Waals surface area (Å²) in [6.45, 7) is 4.61. The van der Waals surface area contributed by atoms with Crippen molar-refractivity contribution < 1.29 is 9.90 Å². The van der Waals surface area contributed by atoms with E-state index in [4.69, 9.17) is 5.11 Å². The zero-order chi connectivity index (χ0) is 13.8. The van der Waals surface area contributed by atoms with Crippen LogP contribution >= 0.6 is 0 Å². The molecule has 1 heterocycles. The van der Waals surface area contributed by atoms with Crippen LogP contribution < -0.4 is 5.32 Å². The highest BCUT2D eigenvalue weighted by atomic mass is 16.4. The predicted molar refractivity (Wildman–Crippen MR) is 73.5 cm³/mol. The van der Waals surface area contributed by atoms with Crippen LogP contribution in [0.5, 0.6) is 0 Å². The van der Waals surface area contributed by atoms with Gasteiger partial charge in [0.05, 0.1) is 12.1 Å². The van der Waals surface area contributed by atoms with E-state index in [-0.39, 0.29) is 6.04 Å². The molecular formula is C14H17N3O2. The third-order valence-corrected chi connectivity index (χ3v) is 2.89. The number of carboxylic acid groups (broad SMARTS) is 1. The van der Waals surface area contributed by atoms with Gasteiger partial charge in [-0.05, 0) is 43.7 Å². The largest absolute Gasteiger partial charge is 0.478 e. The molecule has 5 heteroatoms. The second kappa shape index (κ2) is 5.56. The lowest BCUT2D eigenvalue weighted by Crippen LogP contribution is -2.22. The van der Waals surface area contributed by atoms with E-state index in [0.29, 0.717) is 5.56 Å². The van der Waals surface area contributed by atoms with E-state index >= 15 is 0 Å². The fraction of sp³-hybridized carbons (Fsp3) is 0.286. The molecule has 1 atom stereocenters. The Kier molecular flexibility index (Phi) is 3.85. The van der Waals surface area contributed by atoms with Crippen LogP contribution in [-0.2, 0) is 6.54 Å². The zero-order valence-electron chi connectivity index (χ0n) is 11.0. The van der Waals surface area contributed by atoms with Gasteiger partial charge in [0.15, 0.2) is 0 Å². The number of hydrogen-bond donors (Lipinski definition) is 2. The van der Waals surface area contributed by atoms with E-state index in [9.17, 15) is 4.79 Å². The number of nitrogens with one attached hydrogen (secondary N) is 1. The summed E-state index contributed by atoms with van der Waals surface area (Å²) < 4.78 is 1.86. The molecule has 0 amide bonds. The molecule has 0 fully saturated rings. The van der Waals surface area contributed by atoms with Crippen molar-refractivity contribution >= 4 is 11.7 Å². The molecule has 0 spiro atoms. The maximum Gasteiger partial charge on any atom is 0.335 e. The van der Waals surface area contributed by atoms with E-state index < -0.39 is 5.97 Å². The number of aromatic carboxylic acids is 1. The predicted octanol–water partition coefficient (Wildman–Crippen LogP) is 2.39. The fourth-order valence-electron chi connectivity index (χ4n) is 2.01. The molecule has 2 aromatic rings. The summed E-state index contributed by atoms with van der Waals surface area (Å²) >= 11 is 0. The molecule has 0 saturated carbocycles. The summed E-state index contributed by atoms with van der Waals surface area (Å²) in [6, 6.07) is 7.35. The lowest BCUT2D eigenvalue weighted by molar-refractivity contribution is 0.0696. The minimum atomic E-state index is -0.895. The van der Waals surface area contributed by atoms with Crippen LogP contribution in [0, 0.1) is 6.92 Å². The first kappa shape index (κ1) is 13.1. The summed E-state index contributed by atoms with van der Waals surface area (Å²) in [7, 11) is 0. The molecule has 0 aliphatic rings. The number of rotatable bonds is 5. The molecule has 100 valence electrons. The van der Waals surface area contributed by atoms with E-state index in [1.807, 2.05) is 23.0 Å². The van der Waals surface area contributed by atoms with Gasteiger partial charge < -0.3 is 10.4 Å². The number of carbonyl (C=O) groups is 1. The molecule has 1 aromatic heterocycles. The summed E-state index contributed by atoms with van der Waals surface area (Å²) in [6.07, 6.45) is 3.66. The Morgan fingerprint density at radius 2 is 2.32 bits per heavy atom. The Labute approximate surface area is 111 Å². The molecular weight excluding hydrogens is 242 g/mol. The average molecular weight is 259 g/mol. The van der Waals surface area contributed by atoms with Crippen LogP contribution in [-0.4, -0.2) is 26.9 Å². The van der Waals surface area contributed by atoms with Crippen molar-refractivity contribution in [2.75, 3.05) is 5.32 Å². The number of aromatic nitrogens is 2. The van der Waals surface area contributed by atoms with Gasteiger partial charge in [0, 0.05) is 24.1 Å². The molecule has 1 unspecified atom stereocenters. The minimum absolute atomic E-state index is 0.204. The number of nitrogens with zero attached hydrogens (tertiary/aromatic N) is 2. The highest BCUT2D eigenvalue weighted by Crippen LogP contribution is 2.16. The van der Waals surface area contributed by atoms with Gasteiger partial charge in [-0.3, -0.25) is 4.68 Å². The van der Waals surface area contributed by atoms with Gasteiger partial charge in [0.2, 0.25) is 0 Å². The first-order chi connectivity index (χ1) is 9.06. The highest BCUT2D eigenvalue weighted by molar-refractivity contribution is 5.89. The summed E-state index contributed by atoms with van der Waals surface area (Å²) in [5, 5.41) is 16.5. The molecule has 0 radical (unpaired) electrons. The molecule has 0 aliphatic heterocycles. The number of anilines is 1. The van der Waals surface area contributed by atoms with Crippen LogP contribution in [0.1, 0.15) is 22.8 Å². The second-order valence-electron chi connectivity index (χ2n) is 4.61. The number of aryl methyl sites for hydroxylation is 1. The zero-order valence-corrected chi connectivity index (χ0v) is 11.0. The molecule has 5 nitrogen and oxygen atoms in total. The van der Waals surface area contributed by atoms with Crippen LogP contribution in [0.3, 0.4) is 0 Å². The van der Waals surface area contributed by atoms with Gasteiger partial charge in [-0.2, -0.15) is 5.10 Å². The van der Waals surface area contributed by atoms with Crippen molar-refractivity contribution in [2.45, 2.75) is 26.4 Å². The Balaban J connectivity index is 2.03. The molecule has 0 saturated heterocycles. The van der Waals surface area contributed by atoms with Gasteiger partial charge >= 0.3 is 5.97 Å². The molecule has 1 aromatic carbocycles. The topological polar surface area (TPSA) is 67.2 Å². The number of hydrogen-bond acceptors (Lipinski definition) is 3. The quantitative estimate of drug-likeness (QED) is 0.865. The SMILES string of the molecule is Cc1cc(NC(C)Cn2cccn2)ccc1C(=O)O. The van der Waals surface area contributed by atoms with Crippen molar-refractivity contribution in [2.24, 2.45) is 0 Å². The number of carboxylic acids is 1. The Morgan fingerprint density at radius 3 is 2.89 bits per heavy atom. The summed E-state index contributed by atoms with van der Waals surface area (Å²) in [5.41, 5.74) is 2.01. The molecule has 2 N–H and O–H groups in total. The Bertz CT molecular complexity index is 564. The van der Waals surface area contributed by atoms with Crippen LogP contribution in [0.15, 0.2) is 36.7 Å². The molecule has 0 bridgehead atoms. The normalized spacial score (nSPS) is 12.1. The van der Waals surface area contributed by atoms with Gasteiger partial charge in [0.1, 0.15) is 0 Å². The van der Waals surface area contributed by atoms with E-state index in [1.54, 1.807) is 25.3 Å². The van der Waals surface area contributed by atoms with Gasteiger partial charge in [-0.15, -0.1) is 0 Å². The Hall–Kier alpha value is -2.30. The number of benzene rings is 1. The van der Waals surface area contributed by atoms with Crippen molar-refractivity contribution in [1.29, 1.82) is 0 Å². The van der Waals surface area contributed by atoms with Crippen LogP contribution in [0.2, 0.25) is 0 Å². The minimum Gasteiger partial charge on any atom is -0.478 e. The standard InChI is InChI=1S/C14H17N3O2/c1-10-8-12(4-5-13(10)14(18)19)16-11(2)9-17-7-3-6-15-17/h3-8,11,16H,9H2,1-2H3,(H,18,19). The molecule has 19 heavy (non-hydrogen) atoms. The van der Waals surface area contributed by atoms with Crippen molar-refractivity contribution in [3.63, 3.8) is 0 Å². The summed E-state index contributed by atoms with van der Waals surface area (Å²) in [4.78, 5) is 10.9. The van der Waals surface area contributed by atoms with E-state index in [1.165, 1.54) is 0 Å². The van der Waals surface area contributed by atoms with Gasteiger partial charge in [-0.1, -0.05) is 0 Å². The van der Waals surface area contributed by atoms with Gasteiger partial charge in [-0.25, -0.2) is 4.79 Å².